The normalized spacial score (nSPS) is 25.8. The van der Waals surface area contributed by atoms with Crippen LogP contribution < -0.4 is 5.32 Å². The molecule has 1 N–H and O–H groups in total. The number of hydrogen-bond acceptors (Lipinski definition) is 3. The molecule has 0 radical (unpaired) electrons. The molecular weight excluding hydrogens is 200 g/mol. The Hall–Kier alpha value is -0.830. The number of nitrogens with one attached hydrogen (secondary N) is 1. The molecule has 1 saturated carbocycles. The van der Waals surface area contributed by atoms with Crippen LogP contribution in [0, 0.1) is 5.92 Å². The Balaban J connectivity index is 1.65. The first-order chi connectivity index (χ1) is 7.88. The Morgan fingerprint density at radius 3 is 2.81 bits per heavy atom. The first-order valence-electron chi connectivity index (χ1n) is 6.51. The topological polar surface area (TPSA) is 38.1 Å². The molecule has 0 spiro atoms. The Labute approximate surface area is 97.6 Å². The fourth-order valence-corrected chi connectivity index (χ4v) is 2.64. The summed E-state index contributed by atoms with van der Waals surface area (Å²) in [5.74, 6) is 0.982. The van der Waals surface area contributed by atoms with Crippen molar-refractivity contribution in [2.24, 2.45) is 5.92 Å². The smallest absolute Gasteiger partial charge is 0.124 e. The largest absolute Gasteiger partial charge is 0.364 e. The molecule has 1 aromatic heterocycles. The minimum absolute atomic E-state index is 0.685. The number of hydrogen-bond donors (Lipinski definition) is 1. The highest BCUT2D eigenvalue weighted by Crippen LogP contribution is 2.27. The van der Waals surface area contributed by atoms with Crippen LogP contribution in [-0.4, -0.2) is 11.2 Å². The lowest BCUT2D eigenvalue weighted by atomic mass is 9.83. The lowest BCUT2D eigenvalue weighted by molar-refractivity contribution is 0.276. The van der Waals surface area contributed by atoms with Crippen molar-refractivity contribution >= 4 is 0 Å². The van der Waals surface area contributed by atoms with Gasteiger partial charge in [0, 0.05) is 18.7 Å². The zero-order chi connectivity index (χ0) is 11.2. The van der Waals surface area contributed by atoms with Crippen molar-refractivity contribution in [3.63, 3.8) is 0 Å². The van der Waals surface area contributed by atoms with Crippen molar-refractivity contribution in [3.05, 3.63) is 18.0 Å². The van der Waals surface area contributed by atoms with E-state index in [4.69, 9.17) is 4.52 Å². The highest BCUT2D eigenvalue weighted by Gasteiger charge is 2.20. The van der Waals surface area contributed by atoms with E-state index in [-0.39, 0.29) is 0 Å². The molecule has 0 atom stereocenters. The third-order valence-corrected chi connectivity index (χ3v) is 3.61. The fraction of sp³-hybridized carbons (Fsp3) is 0.769. The maximum Gasteiger partial charge on any atom is 0.124 e. The quantitative estimate of drug-likeness (QED) is 0.831. The standard InChI is InChI=1S/C13H22N2O/c1-2-3-11-4-6-12(7-5-11)14-10-13-8-9-16-15-13/h8-9,11-12,14H,2-7,10H2,1H3. The van der Waals surface area contributed by atoms with Crippen LogP contribution in [0.2, 0.25) is 0 Å². The van der Waals surface area contributed by atoms with Crippen LogP contribution in [0.25, 0.3) is 0 Å². The molecule has 1 heterocycles. The molecule has 90 valence electrons. The van der Waals surface area contributed by atoms with Gasteiger partial charge < -0.3 is 9.84 Å². The molecule has 0 unspecified atom stereocenters. The first kappa shape index (κ1) is 11.6. The third-order valence-electron chi connectivity index (χ3n) is 3.61. The van der Waals surface area contributed by atoms with Crippen LogP contribution in [0.15, 0.2) is 16.9 Å². The second-order valence-corrected chi connectivity index (χ2v) is 4.88. The molecule has 0 aliphatic heterocycles. The van der Waals surface area contributed by atoms with Crippen molar-refractivity contribution < 1.29 is 4.52 Å². The number of nitrogens with zero attached hydrogens (tertiary/aromatic N) is 1. The predicted octanol–water partition coefficient (Wildman–Crippen LogP) is 3.12. The van der Waals surface area contributed by atoms with Crippen LogP contribution >= 0.6 is 0 Å². The van der Waals surface area contributed by atoms with E-state index in [0.29, 0.717) is 6.04 Å². The van der Waals surface area contributed by atoms with Crippen molar-refractivity contribution in [1.29, 1.82) is 0 Å². The number of aromatic nitrogens is 1. The van der Waals surface area contributed by atoms with E-state index in [1.54, 1.807) is 6.26 Å². The van der Waals surface area contributed by atoms with Crippen LogP contribution in [0.1, 0.15) is 51.1 Å². The molecule has 0 saturated heterocycles. The second-order valence-electron chi connectivity index (χ2n) is 4.88. The van der Waals surface area contributed by atoms with E-state index >= 15 is 0 Å². The van der Waals surface area contributed by atoms with Gasteiger partial charge in [0.25, 0.3) is 0 Å². The van der Waals surface area contributed by atoms with Gasteiger partial charge in [0.15, 0.2) is 0 Å². The molecule has 16 heavy (non-hydrogen) atoms. The van der Waals surface area contributed by atoms with E-state index in [2.05, 4.69) is 17.4 Å². The van der Waals surface area contributed by atoms with Gasteiger partial charge in [0.2, 0.25) is 0 Å². The Kier molecular flexibility index (Phi) is 4.40. The summed E-state index contributed by atoms with van der Waals surface area (Å²) in [5, 5.41) is 7.47. The Bertz CT molecular complexity index is 276. The fourth-order valence-electron chi connectivity index (χ4n) is 2.64. The SMILES string of the molecule is CCCC1CCC(NCc2ccon2)CC1. The molecule has 2 rings (SSSR count). The van der Waals surface area contributed by atoms with Crippen LogP contribution in [-0.2, 0) is 6.54 Å². The zero-order valence-corrected chi connectivity index (χ0v) is 10.1. The highest BCUT2D eigenvalue weighted by molar-refractivity contribution is 4.95. The van der Waals surface area contributed by atoms with Crippen molar-refractivity contribution in [1.82, 2.24) is 10.5 Å². The van der Waals surface area contributed by atoms with Gasteiger partial charge in [-0.15, -0.1) is 0 Å². The van der Waals surface area contributed by atoms with Gasteiger partial charge in [0.05, 0.1) is 5.69 Å². The molecule has 1 aromatic rings. The van der Waals surface area contributed by atoms with Gasteiger partial charge in [-0.1, -0.05) is 24.9 Å². The number of rotatable bonds is 5. The van der Waals surface area contributed by atoms with E-state index in [9.17, 15) is 0 Å². The second kappa shape index (κ2) is 6.04. The van der Waals surface area contributed by atoms with Gasteiger partial charge >= 0.3 is 0 Å². The maximum atomic E-state index is 4.81. The van der Waals surface area contributed by atoms with Gasteiger partial charge in [0.1, 0.15) is 6.26 Å². The molecule has 3 heteroatoms. The monoisotopic (exact) mass is 222 g/mol. The summed E-state index contributed by atoms with van der Waals surface area (Å²) >= 11 is 0. The van der Waals surface area contributed by atoms with Gasteiger partial charge in [-0.25, -0.2) is 0 Å². The van der Waals surface area contributed by atoms with Crippen LogP contribution in [0.3, 0.4) is 0 Å². The van der Waals surface area contributed by atoms with Crippen molar-refractivity contribution in [3.8, 4) is 0 Å². The van der Waals surface area contributed by atoms with E-state index in [1.165, 1.54) is 38.5 Å². The maximum absolute atomic E-state index is 4.81. The van der Waals surface area contributed by atoms with Crippen molar-refractivity contribution in [2.75, 3.05) is 0 Å². The summed E-state index contributed by atoms with van der Waals surface area (Å²) in [7, 11) is 0. The average Bonchev–Trinajstić information content (AvgIpc) is 2.82. The summed E-state index contributed by atoms with van der Waals surface area (Å²) in [5.41, 5.74) is 1.01. The zero-order valence-electron chi connectivity index (χ0n) is 10.1. The summed E-state index contributed by atoms with van der Waals surface area (Å²) in [6.07, 6.45) is 9.81. The van der Waals surface area contributed by atoms with Gasteiger partial charge in [-0.05, 0) is 31.6 Å². The lowest BCUT2D eigenvalue weighted by Gasteiger charge is -2.28. The highest BCUT2D eigenvalue weighted by atomic mass is 16.5. The average molecular weight is 222 g/mol. The van der Waals surface area contributed by atoms with Gasteiger partial charge in [-0.2, -0.15) is 0 Å². The van der Waals surface area contributed by atoms with E-state index in [0.717, 1.165) is 18.2 Å². The minimum Gasteiger partial charge on any atom is -0.364 e. The Morgan fingerprint density at radius 2 is 2.19 bits per heavy atom. The predicted molar refractivity (Wildman–Crippen MR) is 64.0 cm³/mol. The Morgan fingerprint density at radius 1 is 1.38 bits per heavy atom. The summed E-state index contributed by atoms with van der Waals surface area (Å²) < 4.78 is 4.81. The summed E-state index contributed by atoms with van der Waals surface area (Å²) in [6.45, 7) is 3.13. The molecule has 1 aliphatic carbocycles. The van der Waals surface area contributed by atoms with Gasteiger partial charge in [-0.3, -0.25) is 0 Å². The molecule has 0 amide bonds. The molecular formula is C13H22N2O. The molecule has 0 bridgehead atoms. The van der Waals surface area contributed by atoms with Crippen LogP contribution in [0.5, 0.6) is 0 Å². The molecule has 0 aromatic carbocycles. The molecule has 1 aliphatic rings. The molecule has 3 nitrogen and oxygen atoms in total. The summed E-state index contributed by atoms with van der Waals surface area (Å²) in [4.78, 5) is 0. The van der Waals surface area contributed by atoms with Crippen molar-refractivity contribution in [2.45, 2.75) is 58.0 Å². The van der Waals surface area contributed by atoms with E-state index in [1.807, 2.05) is 6.07 Å². The minimum atomic E-state index is 0.685. The first-order valence-corrected chi connectivity index (χ1v) is 6.51. The van der Waals surface area contributed by atoms with Crippen LogP contribution in [0.4, 0.5) is 0 Å². The van der Waals surface area contributed by atoms with E-state index < -0.39 is 0 Å². The molecule has 1 fully saturated rings. The lowest BCUT2D eigenvalue weighted by Crippen LogP contribution is -2.32. The third kappa shape index (κ3) is 3.34. The summed E-state index contributed by atoms with van der Waals surface area (Å²) in [6, 6.07) is 2.61.